The molecule has 0 aliphatic carbocycles. The molecule has 1 aromatic carbocycles. The van der Waals surface area contributed by atoms with Gasteiger partial charge < -0.3 is 25.1 Å². The van der Waals surface area contributed by atoms with Crippen molar-refractivity contribution in [3.63, 3.8) is 0 Å². The van der Waals surface area contributed by atoms with Crippen LogP contribution in [0.25, 0.3) is 10.9 Å². The maximum atomic E-state index is 10.7. The number of aliphatic carboxylic acids is 2. The number of aryl methyl sites for hydroxylation is 1. The second-order valence-electron chi connectivity index (χ2n) is 6.23. The molecule has 154 valence electrons. The summed E-state index contributed by atoms with van der Waals surface area (Å²) in [7, 11) is 2.01. The Balaban J connectivity index is 0.000000345. The number of hydrogen-bond donors (Lipinski definition) is 2. The minimum atomic E-state index is -5.19. The minimum Gasteiger partial charge on any atom is -0.542 e. The van der Waals surface area contributed by atoms with Gasteiger partial charge in [0, 0.05) is 19.0 Å². The van der Waals surface area contributed by atoms with Gasteiger partial charge in [-0.3, -0.25) is 4.79 Å². The Morgan fingerprint density at radius 3 is 2.46 bits per heavy atom. The SMILES string of the molecule is Cn1c2ccccc2c(OCCC(=O)O)[n+]1CC1CNC1.O=C([O-])C(F)(F)F. The largest absolute Gasteiger partial charge is 0.542 e. The van der Waals surface area contributed by atoms with E-state index in [-0.39, 0.29) is 13.0 Å². The number of fused-ring (bicyclic) bond motifs is 1. The van der Waals surface area contributed by atoms with Gasteiger partial charge in [0.15, 0.2) is 6.54 Å². The van der Waals surface area contributed by atoms with Gasteiger partial charge in [0.05, 0.1) is 13.5 Å². The third-order valence-corrected chi connectivity index (χ3v) is 4.16. The average molecular weight is 403 g/mol. The zero-order chi connectivity index (χ0) is 20.9. The van der Waals surface area contributed by atoms with Gasteiger partial charge in [0.25, 0.3) is 0 Å². The predicted molar refractivity (Wildman–Crippen MR) is 88.3 cm³/mol. The lowest BCUT2D eigenvalue weighted by molar-refractivity contribution is -0.779. The number of carboxylic acids is 2. The summed E-state index contributed by atoms with van der Waals surface area (Å²) in [5.41, 5.74) is 1.09. The topological polar surface area (TPSA) is 108 Å². The van der Waals surface area contributed by atoms with Crippen molar-refractivity contribution >= 4 is 22.8 Å². The highest BCUT2D eigenvalue weighted by Crippen LogP contribution is 2.23. The summed E-state index contributed by atoms with van der Waals surface area (Å²) in [5, 5.41) is 21.9. The summed E-state index contributed by atoms with van der Waals surface area (Å²) in [5.74, 6) is -2.49. The molecule has 0 saturated carbocycles. The lowest BCUT2D eigenvalue weighted by atomic mass is 10.0. The van der Waals surface area contributed by atoms with Crippen molar-refractivity contribution in [2.75, 3.05) is 19.7 Å². The number of nitrogens with one attached hydrogen (secondary N) is 1. The molecule has 8 nitrogen and oxygen atoms in total. The highest BCUT2D eigenvalue weighted by Gasteiger charge is 2.30. The number of carbonyl (C=O) groups is 2. The maximum Gasteiger partial charge on any atom is 0.430 e. The van der Waals surface area contributed by atoms with Gasteiger partial charge in [-0.15, -0.1) is 0 Å². The summed E-state index contributed by atoms with van der Waals surface area (Å²) in [6.45, 7) is 3.10. The van der Waals surface area contributed by atoms with E-state index < -0.39 is 18.1 Å². The monoisotopic (exact) mass is 403 g/mol. The Morgan fingerprint density at radius 2 is 1.96 bits per heavy atom. The van der Waals surface area contributed by atoms with Crippen LogP contribution in [0.3, 0.4) is 0 Å². The van der Waals surface area contributed by atoms with E-state index in [2.05, 4.69) is 20.7 Å². The number of benzene rings is 1. The quantitative estimate of drug-likeness (QED) is 0.649. The van der Waals surface area contributed by atoms with Crippen LogP contribution >= 0.6 is 0 Å². The number of hydrogen-bond acceptors (Lipinski definition) is 5. The Bertz CT molecular complexity index is 846. The number of carbonyl (C=O) groups excluding carboxylic acids is 1. The molecule has 1 saturated heterocycles. The van der Waals surface area contributed by atoms with Crippen molar-refractivity contribution in [2.45, 2.75) is 19.1 Å². The van der Waals surface area contributed by atoms with Crippen molar-refractivity contribution in [3.05, 3.63) is 24.3 Å². The minimum absolute atomic E-state index is 0.00814. The highest BCUT2D eigenvalue weighted by atomic mass is 19.4. The molecule has 0 unspecified atom stereocenters. The predicted octanol–water partition coefficient (Wildman–Crippen LogP) is -0.163. The van der Waals surface area contributed by atoms with Crippen LogP contribution < -0.4 is 19.8 Å². The summed E-state index contributed by atoms with van der Waals surface area (Å²) in [4.78, 5) is 19.5. The van der Waals surface area contributed by atoms with E-state index in [1.54, 1.807) is 0 Å². The first kappa shape index (κ1) is 21.5. The zero-order valence-electron chi connectivity index (χ0n) is 15.0. The number of carboxylic acid groups (broad SMARTS) is 2. The van der Waals surface area contributed by atoms with Crippen molar-refractivity contribution in [1.82, 2.24) is 10.00 Å². The molecule has 0 spiro atoms. The number of alkyl halides is 3. The van der Waals surface area contributed by atoms with E-state index in [1.165, 1.54) is 0 Å². The molecule has 1 aliphatic heterocycles. The smallest absolute Gasteiger partial charge is 0.430 e. The number of aromatic nitrogens is 2. The Kier molecular flexibility index (Phi) is 6.84. The van der Waals surface area contributed by atoms with Crippen molar-refractivity contribution < 1.29 is 42.4 Å². The van der Waals surface area contributed by atoms with Crippen LogP contribution in [0.1, 0.15) is 6.42 Å². The lowest BCUT2D eigenvalue weighted by Crippen LogP contribution is -2.54. The van der Waals surface area contributed by atoms with E-state index in [9.17, 15) is 18.0 Å². The van der Waals surface area contributed by atoms with E-state index in [0.29, 0.717) is 5.92 Å². The molecule has 1 aromatic heterocycles. The molecule has 2 aromatic rings. The van der Waals surface area contributed by atoms with E-state index >= 15 is 0 Å². The summed E-state index contributed by atoms with van der Waals surface area (Å²) < 4.78 is 41.5. The second kappa shape index (κ2) is 8.91. The van der Waals surface area contributed by atoms with E-state index in [1.807, 2.05) is 25.2 Å². The summed E-state index contributed by atoms with van der Waals surface area (Å²) >= 11 is 0. The molecular formula is C17H20F3N3O5. The molecule has 0 amide bonds. The fourth-order valence-corrected chi connectivity index (χ4v) is 2.66. The second-order valence-corrected chi connectivity index (χ2v) is 6.23. The molecule has 28 heavy (non-hydrogen) atoms. The molecule has 0 radical (unpaired) electrons. The average Bonchev–Trinajstić information content (AvgIpc) is 2.83. The van der Waals surface area contributed by atoms with Gasteiger partial charge in [-0.1, -0.05) is 16.8 Å². The van der Waals surface area contributed by atoms with Crippen LogP contribution in [-0.4, -0.2) is 47.6 Å². The van der Waals surface area contributed by atoms with Crippen molar-refractivity contribution in [3.8, 4) is 5.88 Å². The lowest BCUT2D eigenvalue weighted by Gasteiger charge is -2.23. The fraction of sp³-hybridized carbons (Fsp3) is 0.471. The Labute approximate surface area is 158 Å². The fourth-order valence-electron chi connectivity index (χ4n) is 2.66. The highest BCUT2D eigenvalue weighted by molar-refractivity contribution is 5.82. The first-order chi connectivity index (χ1) is 13.1. The number of nitrogens with zero attached hydrogens (tertiary/aromatic N) is 2. The van der Waals surface area contributed by atoms with Crippen LogP contribution in [0.4, 0.5) is 13.2 Å². The molecule has 11 heteroatoms. The van der Waals surface area contributed by atoms with Crippen LogP contribution in [0, 0.1) is 5.92 Å². The molecule has 0 atom stereocenters. The van der Waals surface area contributed by atoms with Gasteiger partial charge in [0.2, 0.25) is 0 Å². The number of ether oxygens (including phenoxy) is 1. The van der Waals surface area contributed by atoms with Gasteiger partial charge in [-0.2, -0.15) is 17.9 Å². The van der Waals surface area contributed by atoms with Crippen molar-refractivity contribution in [2.24, 2.45) is 13.0 Å². The maximum absolute atomic E-state index is 10.7. The van der Waals surface area contributed by atoms with Gasteiger partial charge in [-0.25, -0.2) is 0 Å². The molecule has 0 bridgehead atoms. The molecular weight excluding hydrogens is 383 g/mol. The van der Waals surface area contributed by atoms with Crippen LogP contribution in [0.15, 0.2) is 24.3 Å². The first-order valence-electron chi connectivity index (χ1n) is 8.42. The van der Waals surface area contributed by atoms with Gasteiger partial charge in [0.1, 0.15) is 23.5 Å². The van der Waals surface area contributed by atoms with E-state index in [4.69, 9.17) is 19.7 Å². The van der Waals surface area contributed by atoms with Crippen LogP contribution in [-0.2, 0) is 23.2 Å². The third-order valence-electron chi connectivity index (χ3n) is 4.16. The summed E-state index contributed by atoms with van der Waals surface area (Å²) in [6, 6.07) is 8.04. The zero-order valence-corrected chi connectivity index (χ0v) is 15.0. The third kappa shape index (κ3) is 5.35. The summed E-state index contributed by atoms with van der Waals surface area (Å²) in [6.07, 6.45) is -5.19. The number of halogens is 3. The molecule has 1 aliphatic rings. The first-order valence-corrected chi connectivity index (χ1v) is 8.42. The number of para-hydroxylation sites is 1. The Morgan fingerprint density at radius 1 is 1.36 bits per heavy atom. The standard InChI is InChI=1S/C15H19N3O3.C2HF3O2/c1-17-13-5-3-2-4-12(13)15(21-7-6-14(19)20)18(17)10-11-8-16-9-11;3-2(4,5)1(6)7/h2-5,11,16H,6-10H2,1H3;(H,6,7). The normalized spacial score (nSPS) is 14.1. The van der Waals surface area contributed by atoms with Gasteiger partial charge >= 0.3 is 18.0 Å². The van der Waals surface area contributed by atoms with Gasteiger partial charge in [-0.05, 0) is 12.1 Å². The molecule has 1 fully saturated rings. The molecule has 2 N–H and O–H groups in total. The van der Waals surface area contributed by atoms with Crippen LogP contribution in [0.2, 0.25) is 0 Å². The number of rotatable bonds is 6. The van der Waals surface area contributed by atoms with Crippen molar-refractivity contribution in [1.29, 1.82) is 0 Å². The molecule has 3 rings (SSSR count). The Hall–Kier alpha value is -2.82. The van der Waals surface area contributed by atoms with E-state index in [0.717, 1.165) is 36.4 Å². The van der Waals surface area contributed by atoms with Crippen LogP contribution in [0.5, 0.6) is 5.88 Å². The molecule has 2 heterocycles.